The molecule has 0 saturated carbocycles. The number of nitrogens with one attached hydrogen (secondary N) is 1. The van der Waals surface area contributed by atoms with Crippen molar-refractivity contribution >= 4 is 16.9 Å². The smallest absolute Gasteiger partial charge is 0.181 e. The van der Waals surface area contributed by atoms with Crippen LogP contribution in [0.25, 0.3) is 22.4 Å². The summed E-state index contributed by atoms with van der Waals surface area (Å²) in [6, 6.07) is 6.67. The summed E-state index contributed by atoms with van der Waals surface area (Å²) in [4.78, 5) is 10.7. The van der Waals surface area contributed by atoms with Crippen molar-refractivity contribution in [2.45, 2.75) is 12.5 Å². The van der Waals surface area contributed by atoms with Crippen molar-refractivity contribution in [1.82, 2.24) is 20.2 Å². The highest BCUT2D eigenvalue weighted by molar-refractivity contribution is 5.89. The number of aromatic nitrogens is 4. The van der Waals surface area contributed by atoms with Crippen LogP contribution >= 0.6 is 0 Å². The predicted octanol–water partition coefficient (Wildman–Crippen LogP) is 1.80. The maximum absolute atomic E-state index is 14.4. The maximum Gasteiger partial charge on any atom is 0.181 e. The van der Waals surface area contributed by atoms with Crippen LogP contribution in [0.1, 0.15) is 9.27 Å². The van der Waals surface area contributed by atoms with Crippen LogP contribution in [0.15, 0.2) is 30.5 Å². The summed E-state index contributed by atoms with van der Waals surface area (Å²) >= 11 is 0. The topological polar surface area (TPSA) is 104 Å². The fraction of sp³-hybridized carbons (Fsp3) is 0.353. The molecule has 0 amide bonds. The number of anilines is 1. The van der Waals surface area contributed by atoms with Gasteiger partial charge in [0.2, 0.25) is 0 Å². The fourth-order valence-electron chi connectivity index (χ4n) is 3.27. The molecule has 4 heterocycles. The van der Waals surface area contributed by atoms with Crippen LogP contribution in [0.2, 0.25) is 0 Å². The van der Waals surface area contributed by atoms with Crippen molar-refractivity contribution in [3.63, 3.8) is 0 Å². The molecule has 1 saturated heterocycles. The molecule has 0 aromatic carbocycles. The monoisotopic (exact) mass is 346 g/mol. The third-order valence-corrected chi connectivity index (χ3v) is 4.72. The highest BCUT2D eigenvalue weighted by Gasteiger charge is 2.28. The van der Waals surface area contributed by atoms with E-state index in [9.17, 15) is 9.50 Å². The van der Waals surface area contributed by atoms with E-state index in [0.29, 0.717) is 43.2 Å². The molecule has 8 heteroatoms. The van der Waals surface area contributed by atoms with Crippen molar-refractivity contribution < 1.29 is 12.4 Å². The lowest BCUT2D eigenvalue weighted by Gasteiger charge is -2.36. The molecule has 4 rings (SSSR count). The highest BCUT2D eigenvalue weighted by atomic mass is 19.1. The second-order valence-corrected chi connectivity index (χ2v) is 6.27. The number of piperidine rings is 1. The van der Waals surface area contributed by atoms with E-state index in [1.54, 1.807) is 18.3 Å². The van der Waals surface area contributed by atoms with Crippen molar-refractivity contribution in [2.24, 2.45) is 11.7 Å². The van der Waals surface area contributed by atoms with Gasteiger partial charge in [0.25, 0.3) is 0 Å². The molecule has 1 fully saturated rings. The van der Waals surface area contributed by atoms with Gasteiger partial charge in [0.15, 0.2) is 11.5 Å². The van der Waals surface area contributed by atoms with Gasteiger partial charge in [-0.05, 0) is 37.2 Å². The number of aliphatic hydroxyl groups is 1. The third-order valence-electron chi connectivity index (χ3n) is 4.72. The summed E-state index contributed by atoms with van der Waals surface area (Å²) in [5.41, 5.74) is 6.98. The lowest BCUT2D eigenvalue weighted by Crippen LogP contribution is -2.46. The quantitative estimate of drug-likeness (QED) is 0.668. The van der Waals surface area contributed by atoms with Gasteiger partial charge in [0.05, 0.1) is 11.8 Å². The van der Waals surface area contributed by atoms with E-state index in [2.05, 4.69) is 20.2 Å². The Labute approximate surface area is 146 Å². The second-order valence-electron chi connectivity index (χ2n) is 6.27. The number of aliphatic hydroxyl groups excluding tert-OH is 1. The average Bonchev–Trinajstić information content (AvgIpc) is 3.07. The van der Waals surface area contributed by atoms with Gasteiger partial charge in [-0.1, -0.05) is 0 Å². The Kier molecular flexibility index (Phi) is 4.06. The zero-order valence-electron chi connectivity index (χ0n) is 13.6. The molecule has 1 aliphatic heterocycles. The molecule has 0 aliphatic carbocycles. The molecule has 0 radical (unpaired) electrons. The van der Waals surface area contributed by atoms with Crippen LogP contribution < -0.4 is 10.6 Å². The minimum Gasteiger partial charge on any atom is -0.393 e. The van der Waals surface area contributed by atoms with Crippen LogP contribution in [0.5, 0.6) is 0 Å². The van der Waals surface area contributed by atoms with Gasteiger partial charge in [-0.3, -0.25) is 5.10 Å². The van der Waals surface area contributed by atoms with Crippen LogP contribution in [0.3, 0.4) is 0 Å². The minimum atomic E-state index is -0.425. The van der Waals surface area contributed by atoms with E-state index < -0.39 is 11.9 Å². The number of nitrogens with zero attached hydrogens (tertiary/aromatic N) is 4. The molecule has 4 N–H and O–H groups in total. The Morgan fingerprint density at radius 1 is 1.40 bits per heavy atom. The van der Waals surface area contributed by atoms with Gasteiger partial charge in [0.1, 0.15) is 11.5 Å². The van der Waals surface area contributed by atoms with Gasteiger partial charge in [-0.2, -0.15) is 5.10 Å². The number of pyridine rings is 2. The van der Waals surface area contributed by atoms with Gasteiger partial charge in [-0.15, -0.1) is 0 Å². The third kappa shape index (κ3) is 2.83. The summed E-state index contributed by atoms with van der Waals surface area (Å²) < 4.78 is 14.4. The first-order chi connectivity index (χ1) is 12.2. The predicted molar refractivity (Wildman–Crippen MR) is 96.7 cm³/mol. The van der Waals surface area contributed by atoms with Crippen molar-refractivity contribution in [3.8, 4) is 11.4 Å². The molecule has 3 aromatic heterocycles. The number of aromatic amines is 1. The molecule has 134 valence electrons. The van der Waals surface area contributed by atoms with E-state index in [1.807, 2.05) is 11.0 Å². The summed E-state index contributed by atoms with van der Waals surface area (Å²) in [6.07, 6.45) is 1.86. The first-order valence-corrected chi connectivity index (χ1v) is 8.26. The molecule has 0 spiro atoms. The van der Waals surface area contributed by atoms with Gasteiger partial charge >= 0.3 is 0 Å². The number of halogens is 1. The van der Waals surface area contributed by atoms with E-state index >= 15 is 0 Å². The van der Waals surface area contributed by atoms with E-state index in [0.717, 1.165) is 5.39 Å². The standard InChI is InChI=1S/C17H19FN6O.2H2/c18-12-3-4-14(24-7-5-13(25)10(8-19)9-24)21-16(12)15-11-2-1-6-20-17(11)23-22-15;;/h1-4,6,10,13,25H,5,7-9,19H2,(H,20,22,23);2*1H. The Morgan fingerprint density at radius 2 is 2.28 bits per heavy atom. The van der Waals surface area contributed by atoms with Crippen molar-refractivity contribution in [3.05, 3.63) is 36.3 Å². The van der Waals surface area contributed by atoms with E-state index in [-0.39, 0.29) is 14.5 Å². The molecule has 1 aliphatic rings. The van der Waals surface area contributed by atoms with Crippen LogP contribution in [0, 0.1) is 11.7 Å². The van der Waals surface area contributed by atoms with Crippen molar-refractivity contribution in [1.29, 1.82) is 0 Å². The Morgan fingerprint density at radius 3 is 3.12 bits per heavy atom. The number of nitrogens with two attached hydrogens (primary N) is 1. The summed E-state index contributed by atoms with van der Waals surface area (Å²) in [5.74, 6) is 0.222. The lowest BCUT2D eigenvalue weighted by molar-refractivity contribution is 0.0919. The van der Waals surface area contributed by atoms with Gasteiger partial charge < -0.3 is 15.7 Å². The zero-order chi connectivity index (χ0) is 17.4. The van der Waals surface area contributed by atoms with E-state index in [4.69, 9.17) is 5.73 Å². The SMILES string of the molecule is NCC1CN(c2ccc(F)c(-c3[nH]nc4ncccc34)n2)CCC1O.[HH].[HH]. The summed E-state index contributed by atoms with van der Waals surface area (Å²) in [7, 11) is 0. The normalized spacial score (nSPS) is 21.0. The number of rotatable bonds is 3. The maximum atomic E-state index is 14.4. The first-order valence-electron chi connectivity index (χ1n) is 8.26. The molecule has 25 heavy (non-hydrogen) atoms. The molecule has 3 aromatic rings. The Balaban J connectivity index is 0.00000131. The second kappa shape index (κ2) is 6.38. The summed E-state index contributed by atoms with van der Waals surface area (Å²) in [6.45, 7) is 1.66. The van der Waals surface area contributed by atoms with Crippen molar-refractivity contribution in [2.75, 3.05) is 24.5 Å². The highest BCUT2D eigenvalue weighted by Crippen LogP contribution is 2.29. The Bertz CT molecular complexity index is 908. The number of hydrogen-bond donors (Lipinski definition) is 3. The van der Waals surface area contributed by atoms with Crippen LogP contribution in [-0.4, -0.2) is 51.0 Å². The largest absolute Gasteiger partial charge is 0.393 e. The van der Waals surface area contributed by atoms with Gasteiger partial charge in [0, 0.05) is 33.4 Å². The van der Waals surface area contributed by atoms with Crippen LogP contribution in [0.4, 0.5) is 10.2 Å². The molecular weight excluding hydrogens is 323 g/mol. The first kappa shape index (κ1) is 15.9. The Hall–Kier alpha value is -2.58. The van der Waals surface area contributed by atoms with Gasteiger partial charge in [-0.25, -0.2) is 14.4 Å². The zero-order valence-corrected chi connectivity index (χ0v) is 13.6. The lowest BCUT2D eigenvalue weighted by atomic mass is 9.95. The molecular formula is C17H23FN6O. The number of fused-ring (bicyclic) bond motifs is 1. The average molecular weight is 346 g/mol. The summed E-state index contributed by atoms with van der Waals surface area (Å²) in [5, 5.41) is 17.7. The molecule has 2 unspecified atom stereocenters. The fourth-order valence-corrected chi connectivity index (χ4v) is 3.27. The van der Waals surface area contributed by atoms with E-state index in [1.165, 1.54) is 6.07 Å². The molecule has 7 nitrogen and oxygen atoms in total. The minimum absolute atomic E-state index is 0. The van der Waals surface area contributed by atoms with Crippen LogP contribution in [-0.2, 0) is 0 Å². The molecule has 2 atom stereocenters. The molecule has 0 bridgehead atoms. The number of hydrogen-bond acceptors (Lipinski definition) is 6. The number of H-pyrrole nitrogens is 1.